The molecule has 4 saturated carbocycles. The van der Waals surface area contributed by atoms with Gasteiger partial charge in [-0.15, -0.1) is 4.91 Å². The largest absolute Gasteiger partial charge is 0.349 e. The summed E-state index contributed by atoms with van der Waals surface area (Å²) in [4.78, 5) is 39.9. The Morgan fingerprint density at radius 2 is 1.59 bits per heavy atom. The van der Waals surface area contributed by atoms with Crippen LogP contribution in [0.15, 0.2) is 11.3 Å². The van der Waals surface area contributed by atoms with E-state index in [4.69, 9.17) is 0 Å². The molecule has 6 aliphatic carbocycles. The maximum atomic E-state index is 14.2. The topological polar surface area (TPSA) is 71.7 Å². The first kappa shape index (κ1) is 28.9. The van der Waals surface area contributed by atoms with Crippen molar-refractivity contribution in [3.05, 3.63) is 32.8 Å². The van der Waals surface area contributed by atoms with E-state index < -0.39 is 11.8 Å². The normalized spacial score (nSPS) is 37.4. The highest BCUT2D eigenvalue weighted by Gasteiger charge is 2.59. The number of nitroso groups, excluding NO2 is 1. The molecule has 8 rings (SSSR count). The molecule has 6 nitrogen and oxygen atoms in total. The highest BCUT2D eigenvalue weighted by molar-refractivity contribution is 5.86. The van der Waals surface area contributed by atoms with Crippen molar-refractivity contribution in [3.63, 3.8) is 0 Å². The van der Waals surface area contributed by atoms with Crippen molar-refractivity contribution in [2.24, 2.45) is 58.4 Å². The molecule has 0 bridgehead atoms. The number of nitrogens with zero attached hydrogens (tertiary/aromatic N) is 3. The molecular weight excluding hydrogens is 546 g/mol. The van der Waals surface area contributed by atoms with Crippen LogP contribution in [0.5, 0.6) is 0 Å². The second kappa shape index (κ2) is 11.4. The summed E-state index contributed by atoms with van der Waals surface area (Å²) in [7, 11) is 3.96. The summed E-state index contributed by atoms with van der Waals surface area (Å²) in [6, 6.07) is 0. The van der Waals surface area contributed by atoms with Gasteiger partial charge in [0.25, 0.3) is 5.91 Å². The van der Waals surface area contributed by atoms with Gasteiger partial charge in [-0.25, -0.2) is 0 Å². The molecule has 0 spiro atoms. The van der Waals surface area contributed by atoms with E-state index >= 15 is 0 Å². The molecule has 8 atom stereocenters. The molecule has 1 aromatic heterocycles. The number of carbonyl (C=O) groups excluding carboxylic acids is 2. The fourth-order valence-electron chi connectivity index (χ4n) is 11.9. The molecule has 236 valence electrons. The predicted molar refractivity (Wildman–Crippen MR) is 173 cm³/mol. The fraction of sp³-hybridized carbons (Fsp3) is 0.737. The Hall–Kier alpha value is -2.50. The van der Waals surface area contributed by atoms with E-state index in [1.807, 2.05) is 19.0 Å². The lowest BCUT2D eigenvalue weighted by atomic mass is 9.70. The van der Waals surface area contributed by atoms with Crippen molar-refractivity contribution in [3.8, 4) is 0 Å². The van der Waals surface area contributed by atoms with Crippen LogP contribution in [-0.4, -0.2) is 35.4 Å². The van der Waals surface area contributed by atoms with Crippen LogP contribution in [0.25, 0.3) is 17.7 Å². The molecule has 4 fully saturated rings. The van der Waals surface area contributed by atoms with E-state index in [2.05, 4.69) is 28.0 Å². The molecule has 2 heterocycles. The molecule has 1 aliphatic heterocycles. The molecule has 1 aromatic rings. The Kier molecular flexibility index (Phi) is 7.49. The van der Waals surface area contributed by atoms with Crippen molar-refractivity contribution < 1.29 is 9.59 Å². The fourth-order valence-corrected chi connectivity index (χ4v) is 11.9. The summed E-state index contributed by atoms with van der Waals surface area (Å²) in [6.45, 7) is 0.912. The first-order valence-corrected chi connectivity index (χ1v) is 18.2. The smallest absolute Gasteiger partial charge is 0.293 e. The minimum atomic E-state index is -0.547. The Morgan fingerprint density at radius 3 is 2.32 bits per heavy atom. The molecule has 8 unspecified atom stereocenters. The van der Waals surface area contributed by atoms with Crippen LogP contribution in [0.1, 0.15) is 113 Å². The first-order valence-electron chi connectivity index (χ1n) is 18.2. The van der Waals surface area contributed by atoms with Gasteiger partial charge in [-0.05, 0) is 134 Å². The highest BCUT2D eigenvalue weighted by atomic mass is 16.3. The number of amides is 2. The molecule has 2 amide bonds. The Bertz CT molecular complexity index is 1480. The SMILES string of the molecule is CN(C)C(=O)C1C(CC2C3CCCCC32)C2CCC=C3c4c(C5CCCCC5)c5c(n4CCCC1C32)=CC(C(=O)N=O)CC=5. The third kappa shape index (κ3) is 4.54. The van der Waals surface area contributed by atoms with E-state index in [9.17, 15) is 14.5 Å². The monoisotopic (exact) mass is 597 g/mol. The van der Waals surface area contributed by atoms with E-state index in [-0.39, 0.29) is 5.92 Å². The average Bonchev–Trinajstić information content (AvgIpc) is 3.52. The van der Waals surface area contributed by atoms with Crippen LogP contribution in [0, 0.1) is 58.2 Å². The number of fused-ring (bicyclic) bond motifs is 5. The highest BCUT2D eigenvalue weighted by Crippen LogP contribution is 2.64. The number of hydrogen-bond acceptors (Lipinski definition) is 3. The summed E-state index contributed by atoms with van der Waals surface area (Å²) in [5, 5.41) is 5.32. The van der Waals surface area contributed by atoms with Crippen LogP contribution >= 0.6 is 0 Å². The van der Waals surface area contributed by atoms with Crippen molar-refractivity contribution in [2.75, 3.05) is 14.1 Å². The third-order valence-electron chi connectivity index (χ3n) is 13.7. The molecule has 6 heteroatoms. The lowest BCUT2D eigenvalue weighted by Gasteiger charge is -2.36. The van der Waals surface area contributed by atoms with Gasteiger partial charge in [0, 0.05) is 42.8 Å². The molecule has 44 heavy (non-hydrogen) atoms. The van der Waals surface area contributed by atoms with E-state index in [0.29, 0.717) is 41.9 Å². The van der Waals surface area contributed by atoms with Crippen molar-refractivity contribution in [1.29, 1.82) is 0 Å². The lowest BCUT2D eigenvalue weighted by molar-refractivity contribution is -0.136. The Labute approximate surface area is 262 Å². The van der Waals surface area contributed by atoms with Gasteiger partial charge < -0.3 is 9.47 Å². The summed E-state index contributed by atoms with van der Waals surface area (Å²) in [6.07, 6.45) is 25.2. The van der Waals surface area contributed by atoms with E-state index in [1.54, 1.807) is 0 Å². The molecule has 0 saturated heterocycles. The molecule has 0 radical (unpaired) electrons. The summed E-state index contributed by atoms with van der Waals surface area (Å²) >= 11 is 0. The van der Waals surface area contributed by atoms with E-state index in [1.165, 1.54) is 92.7 Å². The third-order valence-corrected chi connectivity index (χ3v) is 13.7. The van der Waals surface area contributed by atoms with Gasteiger partial charge in [-0.1, -0.05) is 44.3 Å². The second-order valence-electron chi connectivity index (χ2n) is 15.9. The number of hydrogen-bond donors (Lipinski definition) is 0. The van der Waals surface area contributed by atoms with Gasteiger partial charge in [0.1, 0.15) is 0 Å². The number of rotatable bonds is 5. The zero-order chi connectivity index (χ0) is 30.1. The zero-order valence-corrected chi connectivity index (χ0v) is 26.9. The minimum absolute atomic E-state index is 0.136. The van der Waals surface area contributed by atoms with Crippen LogP contribution in [0.4, 0.5) is 0 Å². The maximum Gasteiger partial charge on any atom is 0.293 e. The molecular formula is C38H51N3O3. The Balaban J connectivity index is 1.26. The van der Waals surface area contributed by atoms with Gasteiger partial charge in [0.15, 0.2) is 0 Å². The van der Waals surface area contributed by atoms with Gasteiger partial charge >= 0.3 is 0 Å². The quantitative estimate of drug-likeness (QED) is 0.370. The zero-order valence-electron chi connectivity index (χ0n) is 26.9. The second-order valence-corrected chi connectivity index (χ2v) is 15.9. The van der Waals surface area contributed by atoms with Crippen molar-refractivity contribution in [2.45, 2.75) is 109 Å². The molecule has 7 aliphatic rings. The molecule has 0 N–H and O–H groups in total. The maximum absolute atomic E-state index is 14.2. The molecule has 0 aromatic carbocycles. The lowest BCUT2D eigenvalue weighted by Crippen LogP contribution is -2.38. The summed E-state index contributed by atoms with van der Waals surface area (Å²) < 4.78 is 2.57. The average molecular weight is 598 g/mol. The standard InChI is InChI=1S/C38H51N3O3/c1-40(2)38(43)35-28-16-9-19-41-32-20-23(37(42)39-44)17-18-27(32)33(22-10-4-3-5-11-22)36(41)29-15-8-14-26(34(28)29)31(35)21-30-24-12-6-7-13-25(24)30/h15,18,20,22-26,28,30-31,34-35H,3-14,16-17,19,21H2,1-2H3. The van der Waals surface area contributed by atoms with Crippen LogP contribution in [-0.2, 0) is 16.1 Å². The van der Waals surface area contributed by atoms with Crippen molar-refractivity contribution in [1.82, 2.24) is 9.47 Å². The van der Waals surface area contributed by atoms with Crippen LogP contribution in [0.2, 0.25) is 0 Å². The van der Waals surface area contributed by atoms with Crippen LogP contribution < -0.4 is 10.6 Å². The van der Waals surface area contributed by atoms with Gasteiger partial charge in [-0.3, -0.25) is 9.59 Å². The Morgan fingerprint density at radius 1 is 0.864 bits per heavy atom. The summed E-state index contributed by atoms with van der Waals surface area (Å²) in [5.41, 5.74) is 4.50. The summed E-state index contributed by atoms with van der Waals surface area (Å²) in [5.74, 6) is 4.68. The van der Waals surface area contributed by atoms with E-state index in [0.717, 1.165) is 48.9 Å². The van der Waals surface area contributed by atoms with Gasteiger partial charge in [0.2, 0.25) is 5.91 Å². The van der Waals surface area contributed by atoms with Gasteiger partial charge in [-0.2, -0.15) is 0 Å². The number of allylic oxidation sites excluding steroid dienone is 2. The van der Waals surface area contributed by atoms with Gasteiger partial charge in [0.05, 0.1) is 5.92 Å². The minimum Gasteiger partial charge on any atom is -0.349 e. The number of aromatic nitrogens is 1. The van der Waals surface area contributed by atoms with Crippen molar-refractivity contribution >= 4 is 29.5 Å². The predicted octanol–water partition coefficient (Wildman–Crippen LogP) is 6.39. The first-order chi connectivity index (χ1) is 21.5. The van der Waals surface area contributed by atoms with Crippen LogP contribution in [0.3, 0.4) is 0 Å². The number of carbonyl (C=O) groups is 2.